The Morgan fingerprint density at radius 3 is 1.60 bits per heavy atom. The predicted molar refractivity (Wildman–Crippen MR) is 165 cm³/mol. The molecule has 0 aromatic heterocycles. The van der Waals surface area contributed by atoms with Crippen LogP contribution < -0.4 is 0 Å². The maximum atomic E-state index is 12.8. The van der Waals surface area contributed by atoms with E-state index in [0.717, 1.165) is 64.5 Å². The third-order valence-electron chi connectivity index (χ3n) is 7.36. The SMILES string of the molecule is CCCCN(CCC(=O)OCCCCCCOC(C)(C)C(=O)CCN(CCCC)CCC(=O)O)CCC(=O)C(C)(C)O. The first-order valence-electron chi connectivity index (χ1n) is 16.0. The zero-order chi connectivity index (χ0) is 32.0. The lowest BCUT2D eigenvalue weighted by atomic mass is 10.00. The first-order valence-corrected chi connectivity index (χ1v) is 16.0. The molecule has 0 unspecified atom stereocenters. The minimum absolute atomic E-state index is 0.0170. The van der Waals surface area contributed by atoms with Gasteiger partial charge < -0.3 is 29.5 Å². The summed E-state index contributed by atoms with van der Waals surface area (Å²) < 4.78 is 11.3. The van der Waals surface area contributed by atoms with Crippen molar-refractivity contribution in [1.29, 1.82) is 0 Å². The smallest absolute Gasteiger partial charge is 0.307 e. The van der Waals surface area contributed by atoms with Crippen LogP contribution >= 0.6 is 0 Å². The molecule has 0 fully saturated rings. The van der Waals surface area contributed by atoms with Crippen molar-refractivity contribution >= 4 is 23.5 Å². The first kappa shape index (κ1) is 40.1. The Labute approximate surface area is 254 Å². The third kappa shape index (κ3) is 20.9. The minimum Gasteiger partial charge on any atom is -0.481 e. The number of ketones is 2. The largest absolute Gasteiger partial charge is 0.481 e. The highest BCUT2D eigenvalue weighted by Gasteiger charge is 2.28. The van der Waals surface area contributed by atoms with Crippen LogP contribution in [0.5, 0.6) is 0 Å². The maximum Gasteiger partial charge on any atom is 0.307 e. The number of ether oxygens (including phenoxy) is 2. The summed E-state index contributed by atoms with van der Waals surface area (Å²) in [5, 5.41) is 18.8. The Hall–Kier alpha value is -1.88. The molecule has 0 saturated heterocycles. The van der Waals surface area contributed by atoms with Gasteiger partial charge in [0.1, 0.15) is 11.2 Å². The normalized spacial score (nSPS) is 12.2. The molecule has 2 N–H and O–H groups in total. The number of hydrogen-bond acceptors (Lipinski definition) is 9. The van der Waals surface area contributed by atoms with Crippen LogP contribution in [-0.2, 0) is 28.7 Å². The van der Waals surface area contributed by atoms with Gasteiger partial charge in [-0.3, -0.25) is 19.2 Å². The van der Waals surface area contributed by atoms with Crippen LogP contribution in [0.15, 0.2) is 0 Å². The zero-order valence-corrected chi connectivity index (χ0v) is 27.4. The highest BCUT2D eigenvalue weighted by molar-refractivity contribution is 5.86. The summed E-state index contributed by atoms with van der Waals surface area (Å²) in [6.07, 6.45) is 8.28. The van der Waals surface area contributed by atoms with Crippen LogP contribution in [0.4, 0.5) is 0 Å². The van der Waals surface area contributed by atoms with Crippen LogP contribution in [0.3, 0.4) is 0 Å². The molecule has 246 valence electrons. The molecule has 10 heteroatoms. The molecular weight excluding hydrogens is 540 g/mol. The van der Waals surface area contributed by atoms with Crippen molar-refractivity contribution in [2.75, 3.05) is 52.5 Å². The molecule has 0 aliphatic carbocycles. The molecule has 0 amide bonds. The van der Waals surface area contributed by atoms with E-state index in [0.29, 0.717) is 45.8 Å². The number of unbranched alkanes of at least 4 members (excludes halogenated alkanes) is 5. The number of Topliss-reactive ketones (excluding diaryl/α,β-unsaturated/α-hetero) is 2. The van der Waals surface area contributed by atoms with Gasteiger partial charge in [-0.05, 0) is 72.9 Å². The van der Waals surface area contributed by atoms with Gasteiger partial charge in [0.2, 0.25) is 0 Å². The monoisotopic (exact) mass is 600 g/mol. The van der Waals surface area contributed by atoms with Gasteiger partial charge in [0.05, 0.1) is 19.4 Å². The number of carbonyl (C=O) groups excluding carboxylic acids is 3. The van der Waals surface area contributed by atoms with Crippen molar-refractivity contribution in [2.24, 2.45) is 0 Å². The Kier molecular flexibility index (Phi) is 21.6. The van der Waals surface area contributed by atoms with E-state index in [2.05, 4.69) is 18.7 Å². The van der Waals surface area contributed by atoms with E-state index in [1.807, 2.05) is 4.90 Å². The number of hydrogen-bond donors (Lipinski definition) is 2. The third-order valence-corrected chi connectivity index (χ3v) is 7.36. The molecule has 10 nitrogen and oxygen atoms in total. The average molecular weight is 601 g/mol. The Morgan fingerprint density at radius 2 is 1.10 bits per heavy atom. The lowest BCUT2D eigenvalue weighted by Gasteiger charge is -2.26. The van der Waals surface area contributed by atoms with Crippen LogP contribution in [0.25, 0.3) is 0 Å². The highest BCUT2D eigenvalue weighted by atomic mass is 16.5. The van der Waals surface area contributed by atoms with Gasteiger partial charge in [-0.25, -0.2) is 0 Å². The van der Waals surface area contributed by atoms with Crippen molar-refractivity contribution in [1.82, 2.24) is 9.80 Å². The fraction of sp³-hybridized carbons (Fsp3) is 0.875. The molecule has 0 aliphatic rings. The van der Waals surface area contributed by atoms with Crippen molar-refractivity contribution in [2.45, 2.75) is 130 Å². The topological polar surface area (TPSA) is 134 Å². The number of aliphatic carboxylic acids is 1. The van der Waals surface area contributed by atoms with E-state index in [1.54, 1.807) is 13.8 Å². The summed E-state index contributed by atoms with van der Waals surface area (Å²) >= 11 is 0. The maximum absolute atomic E-state index is 12.8. The van der Waals surface area contributed by atoms with Gasteiger partial charge in [0.25, 0.3) is 0 Å². The van der Waals surface area contributed by atoms with Gasteiger partial charge >= 0.3 is 11.9 Å². The molecule has 0 saturated carbocycles. The molecule has 0 atom stereocenters. The van der Waals surface area contributed by atoms with Crippen LogP contribution in [-0.4, -0.2) is 107 Å². The van der Waals surface area contributed by atoms with Gasteiger partial charge in [0, 0.05) is 45.6 Å². The number of nitrogens with zero attached hydrogens (tertiary/aromatic N) is 2. The predicted octanol–water partition coefficient (Wildman–Crippen LogP) is 4.64. The number of rotatable bonds is 28. The van der Waals surface area contributed by atoms with Crippen LogP contribution in [0, 0.1) is 0 Å². The Morgan fingerprint density at radius 1 is 0.619 bits per heavy atom. The molecular formula is C32H60N2O8. The molecule has 42 heavy (non-hydrogen) atoms. The molecule has 0 aliphatic heterocycles. The van der Waals surface area contributed by atoms with E-state index < -0.39 is 17.2 Å². The van der Waals surface area contributed by atoms with Gasteiger partial charge in [-0.1, -0.05) is 33.1 Å². The number of esters is 1. The second-order valence-electron chi connectivity index (χ2n) is 12.2. The zero-order valence-electron chi connectivity index (χ0n) is 27.4. The summed E-state index contributed by atoms with van der Waals surface area (Å²) in [7, 11) is 0. The van der Waals surface area contributed by atoms with E-state index >= 15 is 0 Å². The number of aliphatic hydroxyl groups is 1. The van der Waals surface area contributed by atoms with Gasteiger partial charge in [-0.15, -0.1) is 0 Å². The van der Waals surface area contributed by atoms with Crippen molar-refractivity contribution < 1.29 is 38.9 Å². The van der Waals surface area contributed by atoms with E-state index in [4.69, 9.17) is 14.6 Å². The van der Waals surface area contributed by atoms with Crippen LogP contribution in [0.1, 0.15) is 119 Å². The highest BCUT2D eigenvalue weighted by Crippen LogP contribution is 2.15. The lowest BCUT2D eigenvalue weighted by molar-refractivity contribution is -0.144. The van der Waals surface area contributed by atoms with Crippen molar-refractivity contribution in [3.05, 3.63) is 0 Å². The standard InChI is InChI=1S/C32H60N2O8/c1-7-9-19-33(23-17-29(37)38)22-16-28(36)32(5,6)42-26-14-12-11-13-25-41-30(39)18-24-34(20-10-8-2)21-15-27(35)31(3,4)40/h40H,7-26H2,1-6H3,(H,37,38). The molecule has 0 spiro atoms. The fourth-order valence-corrected chi connectivity index (χ4v) is 4.29. The molecule has 0 rings (SSSR count). The van der Waals surface area contributed by atoms with Gasteiger partial charge in [-0.2, -0.15) is 0 Å². The quantitative estimate of drug-likeness (QED) is 0.0966. The second-order valence-corrected chi connectivity index (χ2v) is 12.2. The molecule has 0 radical (unpaired) electrons. The Bertz CT molecular complexity index is 779. The second kappa shape index (κ2) is 22.6. The minimum atomic E-state index is -1.34. The van der Waals surface area contributed by atoms with E-state index in [1.165, 1.54) is 13.8 Å². The van der Waals surface area contributed by atoms with Crippen molar-refractivity contribution in [3.63, 3.8) is 0 Å². The summed E-state index contributed by atoms with van der Waals surface area (Å²) in [5.41, 5.74) is -2.22. The molecule has 0 aromatic rings. The summed E-state index contributed by atoms with van der Waals surface area (Å²) in [5.74, 6) is -1.26. The summed E-state index contributed by atoms with van der Waals surface area (Å²) in [6, 6.07) is 0. The van der Waals surface area contributed by atoms with Gasteiger partial charge in [0.15, 0.2) is 11.6 Å². The summed E-state index contributed by atoms with van der Waals surface area (Å²) in [4.78, 5) is 52.1. The molecule has 0 bridgehead atoms. The first-order chi connectivity index (χ1) is 19.7. The van der Waals surface area contributed by atoms with E-state index in [9.17, 15) is 24.3 Å². The average Bonchev–Trinajstić information content (AvgIpc) is 2.92. The molecule has 0 heterocycles. The number of carboxylic acid groups (broad SMARTS) is 1. The fourth-order valence-electron chi connectivity index (χ4n) is 4.29. The Balaban J connectivity index is 4.16. The van der Waals surface area contributed by atoms with E-state index in [-0.39, 0.29) is 36.8 Å². The molecule has 0 aromatic carbocycles. The van der Waals surface area contributed by atoms with Crippen LogP contribution in [0.2, 0.25) is 0 Å². The van der Waals surface area contributed by atoms with Crippen molar-refractivity contribution in [3.8, 4) is 0 Å². The number of carbonyl (C=O) groups is 4. The lowest BCUT2D eigenvalue weighted by Crippen LogP contribution is -2.38. The number of carboxylic acids is 1. The summed E-state index contributed by atoms with van der Waals surface area (Å²) in [6.45, 7) is 15.2.